The van der Waals surface area contributed by atoms with Gasteiger partial charge in [-0.3, -0.25) is 9.48 Å². The van der Waals surface area contributed by atoms with Gasteiger partial charge in [-0.25, -0.2) is 0 Å². The summed E-state index contributed by atoms with van der Waals surface area (Å²) in [6.45, 7) is 1.84. The monoisotopic (exact) mass is 198 g/mol. The van der Waals surface area contributed by atoms with Gasteiger partial charge in [0.15, 0.2) is 0 Å². The number of aliphatic hydroxyl groups excluding tert-OH is 1. The Morgan fingerprint density at radius 1 is 1.79 bits per heavy atom. The third-order valence-corrected chi connectivity index (χ3v) is 2.22. The molecule has 5 nitrogen and oxygen atoms in total. The molecule has 0 bridgehead atoms. The molecule has 0 saturated carbocycles. The topological polar surface area (TPSA) is 64.3 Å². The number of aromatic nitrogens is 2. The van der Waals surface area contributed by atoms with E-state index in [0.717, 1.165) is 5.69 Å². The zero-order chi connectivity index (χ0) is 10.7. The van der Waals surface area contributed by atoms with E-state index in [9.17, 15) is 9.90 Å². The van der Waals surface area contributed by atoms with E-state index in [2.05, 4.69) is 9.84 Å². The lowest BCUT2D eigenvalue weighted by Crippen LogP contribution is -2.08. The van der Waals surface area contributed by atoms with E-state index in [0.29, 0.717) is 5.56 Å². The van der Waals surface area contributed by atoms with Crippen molar-refractivity contribution in [1.29, 1.82) is 0 Å². The highest BCUT2D eigenvalue weighted by Crippen LogP contribution is 2.19. The smallest absolute Gasteiger partial charge is 0.308 e. The molecular weight excluding hydrogens is 184 g/mol. The summed E-state index contributed by atoms with van der Waals surface area (Å²) in [5.74, 6) is -0.430. The van der Waals surface area contributed by atoms with Gasteiger partial charge in [0.25, 0.3) is 0 Å². The quantitative estimate of drug-likeness (QED) is 0.710. The first-order chi connectivity index (χ1) is 6.56. The van der Waals surface area contributed by atoms with E-state index in [1.807, 2.05) is 6.92 Å². The van der Waals surface area contributed by atoms with Crippen molar-refractivity contribution in [2.24, 2.45) is 7.05 Å². The van der Waals surface area contributed by atoms with Crippen molar-refractivity contribution < 1.29 is 14.6 Å². The first-order valence-corrected chi connectivity index (χ1v) is 4.29. The van der Waals surface area contributed by atoms with Crippen molar-refractivity contribution in [3.8, 4) is 0 Å². The molecule has 0 aliphatic carbocycles. The van der Waals surface area contributed by atoms with Crippen LogP contribution in [0, 0.1) is 6.92 Å². The molecule has 0 amide bonds. The van der Waals surface area contributed by atoms with Crippen molar-refractivity contribution in [3.63, 3.8) is 0 Å². The number of aryl methyl sites for hydroxylation is 1. The summed E-state index contributed by atoms with van der Waals surface area (Å²) in [7, 11) is 3.08. The minimum absolute atomic E-state index is 0.0387. The van der Waals surface area contributed by atoms with Crippen LogP contribution in [-0.2, 0) is 16.6 Å². The van der Waals surface area contributed by atoms with E-state index in [-0.39, 0.29) is 6.42 Å². The highest BCUT2D eigenvalue weighted by Gasteiger charge is 2.17. The lowest BCUT2D eigenvalue weighted by molar-refractivity contribution is -0.142. The predicted octanol–water partition coefficient (Wildman–Crippen LogP) is 0.325. The molecule has 0 radical (unpaired) electrons. The lowest BCUT2D eigenvalue weighted by atomic mass is 10.1. The molecular formula is C9H14N2O3. The zero-order valence-corrected chi connectivity index (χ0v) is 8.52. The number of rotatable bonds is 3. The molecule has 1 heterocycles. The summed E-state index contributed by atoms with van der Waals surface area (Å²) >= 11 is 0. The fourth-order valence-electron chi connectivity index (χ4n) is 1.19. The number of methoxy groups -OCH3 is 1. The molecule has 0 aromatic carbocycles. The molecule has 5 heteroatoms. The maximum Gasteiger partial charge on any atom is 0.308 e. The van der Waals surface area contributed by atoms with Gasteiger partial charge in [-0.05, 0) is 6.92 Å². The SMILES string of the molecule is COC(=O)C[C@H](O)c1cnn(C)c1C. The second kappa shape index (κ2) is 4.23. The van der Waals surface area contributed by atoms with Gasteiger partial charge < -0.3 is 9.84 Å². The van der Waals surface area contributed by atoms with Crippen LogP contribution in [-0.4, -0.2) is 28.0 Å². The van der Waals surface area contributed by atoms with E-state index in [1.54, 1.807) is 17.9 Å². The number of carbonyl (C=O) groups is 1. The summed E-state index contributed by atoms with van der Waals surface area (Å²) in [6, 6.07) is 0. The van der Waals surface area contributed by atoms with Crippen LogP contribution in [0.3, 0.4) is 0 Å². The van der Waals surface area contributed by atoms with Crippen LogP contribution in [0.5, 0.6) is 0 Å². The van der Waals surface area contributed by atoms with E-state index in [1.165, 1.54) is 7.11 Å². The Morgan fingerprint density at radius 3 is 2.86 bits per heavy atom. The van der Waals surface area contributed by atoms with Crippen LogP contribution in [0.2, 0.25) is 0 Å². The molecule has 1 atom stereocenters. The van der Waals surface area contributed by atoms with Crippen LogP contribution in [0.25, 0.3) is 0 Å². The average molecular weight is 198 g/mol. The Hall–Kier alpha value is -1.36. The molecule has 0 aliphatic rings. The van der Waals surface area contributed by atoms with Crippen LogP contribution >= 0.6 is 0 Å². The Balaban J connectivity index is 2.74. The molecule has 0 saturated heterocycles. The Bertz CT molecular complexity index is 333. The maximum absolute atomic E-state index is 10.9. The normalized spacial score (nSPS) is 12.6. The van der Waals surface area contributed by atoms with Crippen molar-refractivity contribution in [2.45, 2.75) is 19.4 Å². The van der Waals surface area contributed by atoms with Gasteiger partial charge in [-0.15, -0.1) is 0 Å². The fraction of sp³-hybridized carbons (Fsp3) is 0.556. The first-order valence-electron chi connectivity index (χ1n) is 4.29. The third kappa shape index (κ3) is 2.11. The maximum atomic E-state index is 10.9. The van der Waals surface area contributed by atoms with Gasteiger partial charge >= 0.3 is 5.97 Å². The summed E-state index contributed by atoms with van der Waals surface area (Å²) in [4.78, 5) is 10.9. The van der Waals surface area contributed by atoms with Gasteiger partial charge in [0.1, 0.15) is 0 Å². The second-order valence-corrected chi connectivity index (χ2v) is 3.10. The molecule has 0 fully saturated rings. The van der Waals surface area contributed by atoms with E-state index >= 15 is 0 Å². The summed E-state index contributed by atoms with van der Waals surface area (Å²) < 4.78 is 6.11. The molecule has 14 heavy (non-hydrogen) atoms. The number of nitrogens with zero attached hydrogens (tertiary/aromatic N) is 2. The molecule has 1 rings (SSSR count). The molecule has 0 unspecified atom stereocenters. The predicted molar refractivity (Wildman–Crippen MR) is 49.5 cm³/mol. The minimum Gasteiger partial charge on any atom is -0.469 e. The summed E-state index contributed by atoms with van der Waals surface area (Å²) in [5, 5.41) is 13.6. The summed E-state index contributed by atoms with van der Waals surface area (Å²) in [5.41, 5.74) is 1.51. The highest BCUT2D eigenvalue weighted by atomic mass is 16.5. The fourth-order valence-corrected chi connectivity index (χ4v) is 1.19. The Morgan fingerprint density at radius 2 is 2.43 bits per heavy atom. The minimum atomic E-state index is -0.837. The highest BCUT2D eigenvalue weighted by molar-refractivity contribution is 5.70. The number of aliphatic hydroxyl groups is 1. The van der Waals surface area contributed by atoms with E-state index < -0.39 is 12.1 Å². The molecule has 0 spiro atoms. The molecule has 1 aromatic rings. The van der Waals surface area contributed by atoms with E-state index in [4.69, 9.17) is 0 Å². The van der Waals surface area contributed by atoms with Crippen LogP contribution in [0.15, 0.2) is 6.20 Å². The Kier molecular flexibility index (Phi) is 3.24. The average Bonchev–Trinajstić information content (AvgIpc) is 2.47. The number of hydrogen-bond acceptors (Lipinski definition) is 4. The molecule has 78 valence electrons. The van der Waals surface area contributed by atoms with Crippen molar-refractivity contribution in [3.05, 3.63) is 17.5 Å². The van der Waals surface area contributed by atoms with Gasteiger partial charge in [0.2, 0.25) is 0 Å². The largest absolute Gasteiger partial charge is 0.469 e. The third-order valence-electron chi connectivity index (χ3n) is 2.22. The lowest BCUT2D eigenvalue weighted by Gasteiger charge is -2.08. The molecule has 1 N–H and O–H groups in total. The number of carbonyl (C=O) groups excluding carboxylic acids is 1. The van der Waals surface area contributed by atoms with Gasteiger partial charge in [-0.2, -0.15) is 5.10 Å². The van der Waals surface area contributed by atoms with Crippen LogP contribution < -0.4 is 0 Å². The molecule has 0 aliphatic heterocycles. The zero-order valence-electron chi connectivity index (χ0n) is 8.52. The number of ether oxygens (including phenoxy) is 1. The van der Waals surface area contributed by atoms with Crippen LogP contribution in [0.4, 0.5) is 0 Å². The summed E-state index contributed by atoms with van der Waals surface area (Å²) in [6.07, 6.45) is 0.683. The standard InChI is InChI=1S/C9H14N2O3/c1-6-7(5-10-11(6)2)8(12)4-9(13)14-3/h5,8,12H,4H2,1-3H3/t8-/m0/s1. The van der Waals surface area contributed by atoms with Gasteiger partial charge in [-0.1, -0.05) is 0 Å². The van der Waals surface area contributed by atoms with Gasteiger partial charge in [0, 0.05) is 18.3 Å². The second-order valence-electron chi connectivity index (χ2n) is 3.10. The number of esters is 1. The Labute approximate surface area is 82.3 Å². The van der Waals surface area contributed by atoms with Crippen molar-refractivity contribution >= 4 is 5.97 Å². The van der Waals surface area contributed by atoms with Crippen LogP contribution in [0.1, 0.15) is 23.8 Å². The van der Waals surface area contributed by atoms with Gasteiger partial charge in [0.05, 0.1) is 25.8 Å². The number of hydrogen-bond donors (Lipinski definition) is 1. The van der Waals surface area contributed by atoms with Crippen molar-refractivity contribution in [1.82, 2.24) is 9.78 Å². The first kappa shape index (κ1) is 10.7. The van der Waals surface area contributed by atoms with Crippen molar-refractivity contribution in [2.75, 3.05) is 7.11 Å². The molecule has 1 aromatic heterocycles.